The van der Waals surface area contributed by atoms with Gasteiger partial charge in [0.1, 0.15) is 22.7 Å². The van der Waals surface area contributed by atoms with E-state index in [9.17, 15) is 18.0 Å². The molecular weight excluding hydrogens is 539 g/mol. The molecule has 0 saturated heterocycles. The van der Waals surface area contributed by atoms with E-state index in [-0.39, 0.29) is 23.9 Å². The van der Waals surface area contributed by atoms with E-state index < -0.39 is 18.2 Å². The van der Waals surface area contributed by atoms with Crippen LogP contribution in [-0.2, 0) is 15.7 Å². The van der Waals surface area contributed by atoms with Crippen LogP contribution in [0, 0.1) is 6.92 Å². The highest BCUT2D eigenvalue weighted by Crippen LogP contribution is 2.48. The van der Waals surface area contributed by atoms with E-state index in [1.807, 2.05) is 43.3 Å². The molecule has 0 saturated carbocycles. The Morgan fingerprint density at radius 1 is 0.897 bits per heavy atom. The number of nitrogens with zero attached hydrogens (tertiary/aromatic N) is 1. The van der Waals surface area contributed by atoms with Gasteiger partial charge in [-0.2, -0.15) is 13.2 Å². The van der Waals surface area contributed by atoms with Crippen molar-refractivity contribution in [3.8, 4) is 5.75 Å². The first-order valence-corrected chi connectivity index (χ1v) is 14.5. The van der Waals surface area contributed by atoms with E-state index in [4.69, 9.17) is 4.74 Å². The number of fused-ring (bicyclic) bond motifs is 2. The fraction of sp³-hybridized carbons (Fsp3) is 0.194. The summed E-state index contributed by atoms with van der Waals surface area (Å²) in [6, 6.07) is 32.5. The number of benzene rings is 4. The minimum absolute atomic E-state index is 0.0935. The Hall–Kier alpha value is -3.36. The standard InChI is InChI=1S/C31H27F3NO2S2/c1-21-20-23(39-28-14-8-6-12-26(28)38-27-13-7-9-15-29(27)39)16-17-24(21)37-25(22-10-4-3-5-11-22)18-19-35(2)30(36)31(32,33)34/h3-17,20,25H,18-19H2,1-2H3/q+1/t25-/m1/s1. The predicted molar refractivity (Wildman–Crippen MR) is 148 cm³/mol. The van der Waals surface area contributed by atoms with Gasteiger partial charge < -0.3 is 9.64 Å². The average Bonchev–Trinajstić information content (AvgIpc) is 2.94. The van der Waals surface area contributed by atoms with Crippen molar-refractivity contribution in [2.45, 2.75) is 50.1 Å². The summed E-state index contributed by atoms with van der Waals surface area (Å²) in [7, 11) is 0.888. The van der Waals surface area contributed by atoms with Crippen molar-refractivity contribution in [2.24, 2.45) is 0 Å². The van der Waals surface area contributed by atoms with Crippen LogP contribution in [-0.4, -0.2) is 30.6 Å². The number of amides is 1. The number of carbonyl (C=O) groups is 1. The van der Waals surface area contributed by atoms with E-state index in [0.717, 1.165) is 18.2 Å². The van der Waals surface area contributed by atoms with Crippen molar-refractivity contribution < 1.29 is 22.7 Å². The van der Waals surface area contributed by atoms with Gasteiger partial charge in [-0.15, -0.1) is 0 Å². The molecule has 200 valence electrons. The first-order chi connectivity index (χ1) is 18.7. The Bertz CT molecular complexity index is 1430. The summed E-state index contributed by atoms with van der Waals surface area (Å²) in [6.45, 7) is 1.89. The summed E-state index contributed by atoms with van der Waals surface area (Å²) in [5, 5.41) is 0. The van der Waals surface area contributed by atoms with E-state index in [2.05, 4.69) is 60.7 Å². The lowest BCUT2D eigenvalue weighted by Crippen LogP contribution is -2.39. The summed E-state index contributed by atoms with van der Waals surface area (Å²) < 4.78 is 45.1. The lowest BCUT2D eigenvalue weighted by molar-refractivity contribution is -0.184. The smallest absolute Gasteiger partial charge is 0.471 e. The molecule has 4 aromatic rings. The number of alkyl halides is 3. The van der Waals surface area contributed by atoms with Crippen LogP contribution in [0.3, 0.4) is 0 Å². The summed E-state index contributed by atoms with van der Waals surface area (Å²) in [5.74, 6) is -1.20. The SMILES string of the molecule is Cc1cc([S+]2c3ccccc3Sc3ccccc32)ccc1O[C@H](CCN(C)C(=O)C(F)(F)F)c1ccccc1. The average molecular weight is 567 g/mol. The third-order valence-corrected chi connectivity index (χ3v) is 10.2. The van der Waals surface area contributed by atoms with Crippen molar-refractivity contribution >= 4 is 28.6 Å². The molecule has 4 aromatic carbocycles. The Balaban J connectivity index is 1.42. The third kappa shape index (κ3) is 5.97. The van der Waals surface area contributed by atoms with Gasteiger partial charge >= 0.3 is 12.1 Å². The molecular formula is C31H27F3NO2S2+. The quantitative estimate of drug-likeness (QED) is 0.187. The number of rotatable bonds is 7. The van der Waals surface area contributed by atoms with Gasteiger partial charge in [0.25, 0.3) is 0 Å². The minimum atomic E-state index is -4.90. The second kappa shape index (κ2) is 11.4. The number of ether oxygens (including phenoxy) is 1. The van der Waals surface area contributed by atoms with E-state index in [1.165, 1.54) is 24.5 Å². The van der Waals surface area contributed by atoms with Gasteiger partial charge in [-0.1, -0.05) is 66.4 Å². The molecule has 1 aliphatic heterocycles. The highest BCUT2D eigenvalue weighted by Gasteiger charge is 2.41. The second-order valence-corrected chi connectivity index (χ2v) is 12.3. The molecule has 0 radical (unpaired) electrons. The third-order valence-electron chi connectivity index (χ3n) is 6.50. The van der Waals surface area contributed by atoms with Crippen LogP contribution in [0.15, 0.2) is 122 Å². The van der Waals surface area contributed by atoms with E-state index in [1.54, 1.807) is 11.8 Å². The number of hydrogen-bond acceptors (Lipinski definition) is 3. The molecule has 0 unspecified atom stereocenters. The van der Waals surface area contributed by atoms with E-state index in [0.29, 0.717) is 10.6 Å². The minimum Gasteiger partial charge on any atom is -0.485 e. The molecule has 3 nitrogen and oxygen atoms in total. The summed E-state index contributed by atoms with van der Waals surface area (Å²) in [6.07, 6.45) is -5.21. The Kier molecular flexibility index (Phi) is 7.96. The first kappa shape index (κ1) is 27.2. The molecule has 0 aromatic heterocycles. The topological polar surface area (TPSA) is 29.5 Å². The van der Waals surface area contributed by atoms with Crippen LogP contribution < -0.4 is 4.74 Å². The summed E-state index contributed by atoms with van der Waals surface area (Å²) >= 11 is 1.79. The maximum absolute atomic E-state index is 12.9. The summed E-state index contributed by atoms with van der Waals surface area (Å²) in [5.41, 5.74) is 1.77. The van der Waals surface area contributed by atoms with Crippen LogP contribution in [0.2, 0.25) is 0 Å². The number of aryl methyl sites for hydroxylation is 1. The molecule has 39 heavy (non-hydrogen) atoms. The van der Waals surface area contributed by atoms with Gasteiger partial charge in [-0.3, -0.25) is 4.79 Å². The van der Waals surface area contributed by atoms with Crippen molar-refractivity contribution in [3.63, 3.8) is 0 Å². The molecule has 1 amide bonds. The highest BCUT2D eigenvalue weighted by atomic mass is 32.2. The van der Waals surface area contributed by atoms with Gasteiger partial charge in [-0.25, -0.2) is 0 Å². The van der Waals surface area contributed by atoms with Crippen LogP contribution in [0.4, 0.5) is 13.2 Å². The van der Waals surface area contributed by atoms with Crippen molar-refractivity contribution in [1.82, 2.24) is 4.90 Å². The van der Waals surface area contributed by atoms with Gasteiger partial charge in [0, 0.05) is 26.1 Å². The van der Waals surface area contributed by atoms with Crippen LogP contribution >= 0.6 is 11.8 Å². The molecule has 0 fully saturated rings. The summed E-state index contributed by atoms with van der Waals surface area (Å²) in [4.78, 5) is 18.6. The maximum Gasteiger partial charge on any atom is 0.471 e. The molecule has 0 bridgehead atoms. The van der Waals surface area contributed by atoms with Gasteiger partial charge in [-0.05, 0) is 54.4 Å². The largest absolute Gasteiger partial charge is 0.485 e. The molecule has 8 heteroatoms. The zero-order valence-electron chi connectivity index (χ0n) is 21.4. The predicted octanol–water partition coefficient (Wildman–Crippen LogP) is 8.09. The Morgan fingerprint density at radius 3 is 2.08 bits per heavy atom. The maximum atomic E-state index is 12.9. The molecule has 0 N–H and O–H groups in total. The molecule has 1 heterocycles. The molecule has 5 rings (SSSR count). The van der Waals surface area contributed by atoms with Crippen LogP contribution in [0.25, 0.3) is 0 Å². The zero-order chi connectivity index (χ0) is 27.6. The zero-order valence-corrected chi connectivity index (χ0v) is 23.1. The second-order valence-electron chi connectivity index (χ2n) is 9.26. The molecule has 1 aliphatic rings. The fourth-order valence-electron chi connectivity index (χ4n) is 4.52. The molecule has 1 atom stereocenters. The van der Waals surface area contributed by atoms with Crippen molar-refractivity contribution in [2.75, 3.05) is 13.6 Å². The van der Waals surface area contributed by atoms with E-state index >= 15 is 0 Å². The molecule has 0 spiro atoms. The number of hydrogen-bond donors (Lipinski definition) is 0. The Labute approximate surface area is 233 Å². The van der Waals surface area contributed by atoms with Gasteiger partial charge in [0.15, 0.2) is 14.7 Å². The lowest BCUT2D eigenvalue weighted by atomic mass is 10.1. The monoisotopic (exact) mass is 566 g/mol. The highest BCUT2D eigenvalue weighted by molar-refractivity contribution is 8.04. The van der Waals surface area contributed by atoms with Crippen molar-refractivity contribution in [3.05, 3.63) is 108 Å². The molecule has 0 aliphatic carbocycles. The van der Waals surface area contributed by atoms with Gasteiger partial charge in [0.05, 0.1) is 9.79 Å². The number of carbonyl (C=O) groups excluding carboxylic acids is 1. The van der Waals surface area contributed by atoms with Gasteiger partial charge in [0.2, 0.25) is 0 Å². The van der Waals surface area contributed by atoms with Crippen LogP contribution in [0.1, 0.15) is 23.7 Å². The lowest BCUT2D eigenvalue weighted by Gasteiger charge is -2.25. The normalized spacial score (nSPS) is 13.8. The number of halogens is 3. The Morgan fingerprint density at radius 2 is 1.49 bits per heavy atom. The fourth-order valence-corrected chi connectivity index (χ4v) is 8.35. The van der Waals surface area contributed by atoms with Crippen molar-refractivity contribution in [1.29, 1.82) is 0 Å². The first-order valence-electron chi connectivity index (χ1n) is 12.5. The van der Waals surface area contributed by atoms with Crippen LogP contribution in [0.5, 0.6) is 5.75 Å².